The maximum atomic E-state index is 10.1. The Balaban J connectivity index is 3.65. The van der Waals surface area contributed by atoms with E-state index in [-0.39, 0.29) is 0 Å². The molecule has 0 rings (SSSR count). The maximum absolute atomic E-state index is 10.1. The summed E-state index contributed by atoms with van der Waals surface area (Å²) >= 11 is 0. The lowest BCUT2D eigenvalue weighted by Gasteiger charge is -2.02. The summed E-state index contributed by atoms with van der Waals surface area (Å²) in [6.07, 6.45) is -1.81. The Labute approximate surface area is 55.2 Å². The van der Waals surface area contributed by atoms with Crippen LogP contribution in [0.2, 0.25) is 0 Å². The maximum Gasteiger partial charge on any atom is 0.328 e. The Hall–Kier alpha value is -1.79. The number of hydrogen-bond acceptors (Lipinski definition) is 4. The second kappa shape index (κ2) is 3.28. The van der Waals surface area contributed by atoms with Crippen LogP contribution in [0.25, 0.3) is 0 Å². The molecule has 0 aliphatic rings. The van der Waals surface area contributed by atoms with E-state index in [1.807, 2.05) is 0 Å². The molecule has 10 heavy (non-hydrogen) atoms. The highest BCUT2D eigenvalue weighted by atomic mass is 16.4. The van der Waals surface area contributed by atoms with Crippen LogP contribution in [0, 0.1) is 0 Å². The predicted octanol–water partition coefficient (Wildman–Crippen LogP) is -2.29. The number of nitrogens with two attached hydrogens (primary N) is 1. The fraction of sp³-hybridized carbons (Fsp3) is 0. The van der Waals surface area contributed by atoms with Gasteiger partial charge in [0.15, 0.2) is 0 Å². The van der Waals surface area contributed by atoms with Gasteiger partial charge in [-0.05, 0) is 0 Å². The minimum atomic E-state index is -1.81. The quantitative estimate of drug-likeness (QED) is 0.355. The monoisotopic (exact) mass is 146 g/mol. The van der Waals surface area contributed by atoms with Crippen LogP contribution >= 0.6 is 0 Å². The van der Waals surface area contributed by atoms with Gasteiger partial charge in [-0.15, -0.1) is 0 Å². The van der Waals surface area contributed by atoms with Crippen molar-refractivity contribution >= 4 is 18.2 Å². The molecule has 4 N–H and O–H groups in total. The Morgan fingerprint density at radius 1 is 1.20 bits per heavy atom. The summed E-state index contributed by atoms with van der Waals surface area (Å²) in [6.45, 7) is 0. The third-order valence-electron chi connectivity index (χ3n) is 0.452. The number of amides is 5. The van der Waals surface area contributed by atoms with E-state index in [1.54, 1.807) is 0 Å². The lowest BCUT2D eigenvalue weighted by atomic mass is 10.9. The van der Waals surface area contributed by atoms with Gasteiger partial charge in [-0.2, -0.15) is 0 Å². The molecule has 0 aliphatic heterocycles. The molecule has 56 valence electrons. The molecule has 7 nitrogen and oxygen atoms in total. The number of hydrogen-bond donors (Lipinski definition) is 3. The van der Waals surface area contributed by atoms with Crippen molar-refractivity contribution in [2.24, 2.45) is 5.73 Å². The van der Waals surface area contributed by atoms with Crippen molar-refractivity contribution in [2.45, 2.75) is 0 Å². The summed E-state index contributed by atoms with van der Waals surface area (Å²) < 4.78 is 0. The molecule has 0 saturated carbocycles. The van der Waals surface area contributed by atoms with Crippen LogP contribution < -0.4 is 21.5 Å². The average molecular weight is 146 g/mol. The van der Waals surface area contributed by atoms with Crippen molar-refractivity contribution in [3.05, 3.63) is 0 Å². The van der Waals surface area contributed by atoms with Crippen LogP contribution in [0.15, 0.2) is 0 Å². The number of nitrogens with one attached hydrogen (secondary N) is 2. The van der Waals surface area contributed by atoms with Crippen LogP contribution in [-0.4, -0.2) is 18.2 Å². The van der Waals surface area contributed by atoms with Crippen molar-refractivity contribution in [1.29, 1.82) is 0 Å². The van der Waals surface area contributed by atoms with Gasteiger partial charge < -0.3 is 15.6 Å². The molecule has 0 unspecified atom stereocenters. The first-order chi connectivity index (χ1) is 4.52. The minimum Gasteiger partial charge on any atom is -0.530 e. The van der Waals surface area contributed by atoms with Gasteiger partial charge in [0.1, 0.15) is 6.09 Å². The van der Waals surface area contributed by atoms with Gasteiger partial charge in [-0.1, -0.05) is 0 Å². The lowest BCUT2D eigenvalue weighted by Crippen LogP contribution is -2.48. The van der Waals surface area contributed by atoms with Crippen molar-refractivity contribution in [1.82, 2.24) is 10.6 Å². The fourth-order valence-electron chi connectivity index (χ4n) is 0.236. The molecule has 0 aliphatic carbocycles. The van der Waals surface area contributed by atoms with Crippen LogP contribution in [0.1, 0.15) is 0 Å². The third-order valence-corrected chi connectivity index (χ3v) is 0.452. The largest absolute Gasteiger partial charge is 0.530 e. The molecule has 0 radical (unpaired) electrons. The van der Waals surface area contributed by atoms with Crippen LogP contribution in [0.5, 0.6) is 0 Å². The van der Waals surface area contributed by atoms with E-state index in [0.29, 0.717) is 0 Å². The van der Waals surface area contributed by atoms with E-state index in [4.69, 9.17) is 0 Å². The number of imide groups is 2. The van der Waals surface area contributed by atoms with Crippen molar-refractivity contribution in [2.75, 3.05) is 0 Å². The molecular formula is C3H4N3O4-. The Kier molecular flexibility index (Phi) is 2.69. The Morgan fingerprint density at radius 3 is 2.00 bits per heavy atom. The molecule has 0 aromatic heterocycles. The van der Waals surface area contributed by atoms with Crippen LogP contribution in [0.3, 0.4) is 0 Å². The summed E-state index contributed by atoms with van der Waals surface area (Å²) in [5.74, 6) is 0. The molecule has 0 fully saturated rings. The van der Waals surface area contributed by atoms with Crippen molar-refractivity contribution in [3.8, 4) is 0 Å². The highest BCUT2D eigenvalue weighted by Gasteiger charge is 2.00. The van der Waals surface area contributed by atoms with E-state index in [9.17, 15) is 19.5 Å². The van der Waals surface area contributed by atoms with E-state index in [0.717, 1.165) is 0 Å². The van der Waals surface area contributed by atoms with E-state index < -0.39 is 18.2 Å². The van der Waals surface area contributed by atoms with E-state index in [2.05, 4.69) is 5.73 Å². The van der Waals surface area contributed by atoms with Gasteiger partial charge in [-0.25, -0.2) is 9.59 Å². The molecule has 0 heterocycles. The number of carboxylic acid groups (broad SMARTS) is 1. The molecule has 0 spiro atoms. The van der Waals surface area contributed by atoms with E-state index >= 15 is 0 Å². The Bertz CT molecular complexity index is 159. The van der Waals surface area contributed by atoms with Crippen molar-refractivity contribution in [3.63, 3.8) is 0 Å². The molecule has 0 aromatic rings. The first kappa shape index (κ1) is 8.21. The zero-order valence-electron chi connectivity index (χ0n) is 4.71. The molecular weight excluding hydrogens is 142 g/mol. The molecule has 0 saturated heterocycles. The Morgan fingerprint density at radius 2 is 1.70 bits per heavy atom. The first-order valence-corrected chi connectivity index (χ1v) is 2.11. The smallest absolute Gasteiger partial charge is 0.328 e. The summed E-state index contributed by atoms with van der Waals surface area (Å²) in [4.78, 5) is 29.5. The number of primary amides is 1. The standard InChI is InChI=1S/C3H5N3O4/c4-1(7)5-2(8)6-3(9)10/h(H,9,10)(H4,4,5,6,7,8)/p-1. The molecule has 0 bridgehead atoms. The number of urea groups is 2. The SMILES string of the molecule is NC(=O)NC(=O)NC(=O)[O-]. The highest BCUT2D eigenvalue weighted by Crippen LogP contribution is 1.61. The van der Waals surface area contributed by atoms with Gasteiger partial charge in [0.2, 0.25) is 0 Å². The number of carbonyl (C=O) groups excluding carboxylic acids is 3. The van der Waals surface area contributed by atoms with Gasteiger partial charge >= 0.3 is 12.1 Å². The van der Waals surface area contributed by atoms with Gasteiger partial charge in [-0.3, -0.25) is 10.6 Å². The minimum absolute atomic E-state index is 1.14. The van der Waals surface area contributed by atoms with Gasteiger partial charge in [0, 0.05) is 0 Å². The van der Waals surface area contributed by atoms with Gasteiger partial charge in [0.25, 0.3) is 0 Å². The number of carbonyl (C=O) groups is 3. The average Bonchev–Trinajstić information content (AvgIpc) is 1.58. The van der Waals surface area contributed by atoms with Crippen LogP contribution in [-0.2, 0) is 0 Å². The normalized spacial score (nSPS) is 8.00. The highest BCUT2D eigenvalue weighted by molar-refractivity contribution is 5.98. The summed E-state index contributed by atoms with van der Waals surface area (Å²) in [7, 11) is 0. The molecule has 0 atom stereocenters. The summed E-state index contributed by atoms with van der Waals surface area (Å²) in [5, 5.41) is 12.2. The predicted molar refractivity (Wildman–Crippen MR) is 26.6 cm³/mol. The van der Waals surface area contributed by atoms with Crippen LogP contribution in [0.4, 0.5) is 14.4 Å². The zero-order valence-corrected chi connectivity index (χ0v) is 4.71. The third kappa shape index (κ3) is 4.37. The topological polar surface area (TPSA) is 124 Å². The molecule has 7 heteroatoms. The molecule has 5 amide bonds. The number of rotatable bonds is 0. The summed E-state index contributed by atoms with van der Waals surface area (Å²) in [5.41, 5.74) is 4.44. The zero-order chi connectivity index (χ0) is 8.15. The summed E-state index contributed by atoms with van der Waals surface area (Å²) in [6, 6.07) is -2.37. The second-order valence-corrected chi connectivity index (χ2v) is 1.23. The van der Waals surface area contributed by atoms with E-state index in [1.165, 1.54) is 10.6 Å². The van der Waals surface area contributed by atoms with Crippen molar-refractivity contribution < 1.29 is 19.5 Å². The second-order valence-electron chi connectivity index (χ2n) is 1.23. The molecule has 0 aromatic carbocycles. The fourth-order valence-corrected chi connectivity index (χ4v) is 0.236. The van der Waals surface area contributed by atoms with Gasteiger partial charge in [0.05, 0.1) is 0 Å². The first-order valence-electron chi connectivity index (χ1n) is 2.11. The lowest BCUT2D eigenvalue weighted by molar-refractivity contribution is -0.248.